The van der Waals surface area contributed by atoms with Crippen molar-refractivity contribution in [3.05, 3.63) is 33.1 Å². The van der Waals surface area contributed by atoms with Crippen LogP contribution in [0.5, 0.6) is 0 Å². The number of hydrogen-bond acceptors (Lipinski definition) is 2. The number of amides is 1. The van der Waals surface area contributed by atoms with E-state index in [0.717, 1.165) is 6.07 Å². The number of ether oxygens (including phenoxy) is 1. The third-order valence-electron chi connectivity index (χ3n) is 2.35. The maximum absolute atomic E-state index is 13.5. The van der Waals surface area contributed by atoms with Gasteiger partial charge in [-0.1, -0.05) is 0 Å². The number of nitrogens with one attached hydrogen (secondary N) is 1. The van der Waals surface area contributed by atoms with Crippen molar-refractivity contribution in [1.82, 2.24) is 5.32 Å². The summed E-state index contributed by atoms with van der Waals surface area (Å²) in [5.41, 5.74) is -0.237. The zero-order chi connectivity index (χ0) is 12.6. The Balaban J connectivity index is 0.00000162. The number of alkyl carbamates (subject to hydrolysis) is 1. The van der Waals surface area contributed by atoms with Gasteiger partial charge < -0.3 is 10.1 Å². The second-order valence-electron chi connectivity index (χ2n) is 3.58. The van der Waals surface area contributed by atoms with E-state index >= 15 is 0 Å². The lowest BCUT2D eigenvalue weighted by molar-refractivity contribution is -0.105. The largest absolute Gasteiger partial charge is 0.443 e. The minimum Gasteiger partial charge on any atom is -0.443 e. The molecule has 1 N–H and O–H groups in total. The van der Waals surface area contributed by atoms with Crippen LogP contribution in [0, 0.1) is 9.39 Å². The van der Waals surface area contributed by atoms with Crippen LogP contribution in [0.25, 0.3) is 0 Å². The maximum atomic E-state index is 13.5. The number of carbonyl (C=O) groups is 1. The monoisotopic (exact) mass is 393 g/mol. The molecular formula is C10H8ClF3INO2. The Morgan fingerprint density at radius 1 is 1.44 bits per heavy atom. The van der Waals surface area contributed by atoms with Crippen LogP contribution in [0.4, 0.5) is 18.0 Å². The van der Waals surface area contributed by atoms with E-state index in [1.165, 1.54) is 12.1 Å². The van der Waals surface area contributed by atoms with E-state index in [-0.39, 0.29) is 18.0 Å². The summed E-state index contributed by atoms with van der Waals surface area (Å²) in [6, 6.07) is 2.13. The van der Waals surface area contributed by atoms with Crippen molar-refractivity contribution >= 4 is 41.1 Å². The average molecular weight is 394 g/mol. The first-order chi connectivity index (χ1) is 7.90. The smallest absolute Gasteiger partial charge is 0.408 e. The molecule has 2 rings (SSSR count). The molecule has 1 aromatic carbocycles. The van der Waals surface area contributed by atoms with Crippen molar-refractivity contribution < 1.29 is 22.7 Å². The van der Waals surface area contributed by atoms with Crippen LogP contribution in [0.3, 0.4) is 0 Å². The third kappa shape index (κ3) is 3.00. The Hall–Kier alpha value is -0.700. The molecule has 3 nitrogen and oxygen atoms in total. The molecule has 100 valence electrons. The number of hydrogen-bond donors (Lipinski definition) is 1. The Bertz CT molecular complexity index is 472. The van der Waals surface area contributed by atoms with Crippen molar-refractivity contribution in [1.29, 1.82) is 0 Å². The van der Waals surface area contributed by atoms with E-state index in [4.69, 9.17) is 0 Å². The van der Waals surface area contributed by atoms with Gasteiger partial charge in [-0.05, 0) is 40.8 Å². The molecular weight excluding hydrogens is 385 g/mol. The molecule has 0 unspecified atom stereocenters. The summed E-state index contributed by atoms with van der Waals surface area (Å²) in [7, 11) is 0. The van der Waals surface area contributed by atoms with Crippen molar-refractivity contribution in [2.24, 2.45) is 0 Å². The van der Waals surface area contributed by atoms with E-state index in [0.29, 0.717) is 3.57 Å². The number of cyclic esters (lactones) is 1. The van der Waals surface area contributed by atoms with Crippen LogP contribution >= 0.6 is 35.0 Å². The van der Waals surface area contributed by atoms with Crippen molar-refractivity contribution in [2.45, 2.75) is 12.0 Å². The molecule has 1 aromatic rings. The number of rotatable bonds is 1. The molecule has 0 spiro atoms. The molecule has 0 aromatic heterocycles. The molecule has 0 saturated carbocycles. The fourth-order valence-electron chi connectivity index (χ4n) is 1.55. The van der Waals surface area contributed by atoms with Gasteiger partial charge in [0, 0.05) is 9.13 Å². The zero-order valence-corrected chi connectivity index (χ0v) is 11.7. The normalized spacial score (nSPS) is 21.6. The predicted molar refractivity (Wildman–Crippen MR) is 68.5 cm³/mol. The molecule has 8 heteroatoms. The topological polar surface area (TPSA) is 38.3 Å². The first-order valence-electron chi connectivity index (χ1n) is 4.66. The highest BCUT2D eigenvalue weighted by Crippen LogP contribution is 2.36. The lowest BCUT2D eigenvalue weighted by Gasteiger charge is -2.32. The van der Waals surface area contributed by atoms with Crippen LogP contribution in [0.1, 0.15) is 11.6 Å². The summed E-state index contributed by atoms with van der Waals surface area (Å²) in [5, 5.41) is 1.94. The quantitative estimate of drug-likeness (QED) is 0.744. The molecule has 18 heavy (non-hydrogen) atoms. The number of alkyl halides is 2. The van der Waals surface area contributed by atoms with Gasteiger partial charge in [0.1, 0.15) is 11.9 Å². The first kappa shape index (κ1) is 15.4. The highest BCUT2D eigenvalue weighted by atomic mass is 127. The molecule has 1 aliphatic heterocycles. The molecule has 1 aliphatic rings. The molecule has 1 fully saturated rings. The fraction of sp³-hybridized carbons (Fsp3) is 0.300. The van der Waals surface area contributed by atoms with Crippen molar-refractivity contribution in [3.63, 3.8) is 0 Å². The van der Waals surface area contributed by atoms with Crippen molar-refractivity contribution in [2.75, 3.05) is 6.61 Å². The van der Waals surface area contributed by atoms with Gasteiger partial charge in [-0.15, -0.1) is 12.4 Å². The summed E-state index contributed by atoms with van der Waals surface area (Å²) >= 11 is 1.88. The zero-order valence-electron chi connectivity index (χ0n) is 8.75. The van der Waals surface area contributed by atoms with E-state index in [9.17, 15) is 18.0 Å². The first-order valence-corrected chi connectivity index (χ1v) is 5.74. The van der Waals surface area contributed by atoms with Crippen LogP contribution in [-0.2, 0) is 4.74 Å². The minimum atomic E-state index is -3.33. The lowest BCUT2D eigenvalue weighted by Crippen LogP contribution is -2.49. The Labute approximate surface area is 121 Å². The van der Waals surface area contributed by atoms with E-state index < -0.39 is 30.5 Å². The second-order valence-corrected chi connectivity index (χ2v) is 4.83. The van der Waals surface area contributed by atoms with Gasteiger partial charge in [0.2, 0.25) is 0 Å². The Morgan fingerprint density at radius 3 is 2.78 bits per heavy atom. The molecule has 0 aliphatic carbocycles. The Kier molecular flexibility index (Phi) is 4.71. The van der Waals surface area contributed by atoms with Gasteiger partial charge >= 0.3 is 12.0 Å². The standard InChI is InChI=1S/C10H7F3INO2.ClH/c11-7-2-1-5(14)3-6(7)8-10(12,13)4-17-9(16)15-8;/h1-3,8H,4H2,(H,15,16);1H/t8-;/m1./s1. The van der Waals surface area contributed by atoms with E-state index in [1.54, 1.807) is 0 Å². The highest BCUT2D eigenvalue weighted by molar-refractivity contribution is 14.1. The van der Waals surface area contributed by atoms with Crippen LogP contribution in [0.15, 0.2) is 18.2 Å². The molecule has 1 saturated heterocycles. The second kappa shape index (κ2) is 5.52. The van der Waals surface area contributed by atoms with Gasteiger partial charge in [-0.2, -0.15) is 0 Å². The molecule has 1 atom stereocenters. The summed E-state index contributed by atoms with van der Waals surface area (Å²) in [4.78, 5) is 10.9. The van der Waals surface area contributed by atoms with Gasteiger partial charge in [-0.3, -0.25) is 0 Å². The lowest BCUT2D eigenvalue weighted by atomic mass is 10.00. The van der Waals surface area contributed by atoms with E-state index in [1.807, 2.05) is 27.9 Å². The van der Waals surface area contributed by atoms with Crippen molar-refractivity contribution in [3.8, 4) is 0 Å². The molecule has 1 heterocycles. The maximum Gasteiger partial charge on any atom is 0.408 e. The number of halogens is 5. The van der Waals surface area contributed by atoms with Gasteiger partial charge in [0.15, 0.2) is 6.61 Å². The van der Waals surface area contributed by atoms with Gasteiger partial charge in [0.25, 0.3) is 0 Å². The Morgan fingerprint density at radius 2 is 2.11 bits per heavy atom. The third-order valence-corrected chi connectivity index (χ3v) is 3.02. The molecule has 0 bridgehead atoms. The summed E-state index contributed by atoms with van der Waals surface area (Å²) < 4.78 is 45.4. The van der Waals surface area contributed by atoms with Gasteiger partial charge in [-0.25, -0.2) is 18.0 Å². The molecule has 0 radical (unpaired) electrons. The molecule has 1 amide bonds. The van der Waals surface area contributed by atoms with Crippen LogP contribution in [-0.4, -0.2) is 18.6 Å². The highest BCUT2D eigenvalue weighted by Gasteiger charge is 2.47. The number of carbonyl (C=O) groups excluding carboxylic acids is 1. The summed E-state index contributed by atoms with van der Waals surface area (Å²) in [6.07, 6.45) is -0.973. The van der Waals surface area contributed by atoms with Crippen LogP contribution < -0.4 is 5.32 Å². The van der Waals surface area contributed by atoms with E-state index in [2.05, 4.69) is 4.74 Å². The summed E-state index contributed by atoms with van der Waals surface area (Å²) in [6.45, 7) is -1.05. The summed E-state index contributed by atoms with van der Waals surface area (Å²) in [5.74, 6) is -4.11. The minimum absolute atomic E-state index is 0. The number of benzene rings is 1. The predicted octanol–water partition coefficient (Wildman–Crippen LogP) is 3.27. The fourth-order valence-corrected chi connectivity index (χ4v) is 2.07. The SMILES string of the molecule is Cl.O=C1N[C@H](c2cc(I)ccc2F)C(F)(F)CO1. The van der Waals surface area contributed by atoms with Gasteiger partial charge in [0.05, 0.1) is 0 Å². The van der Waals surface area contributed by atoms with Crippen LogP contribution in [0.2, 0.25) is 0 Å². The average Bonchev–Trinajstić information content (AvgIpc) is 2.26.